The Morgan fingerprint density at radius 2 is 2.00 bits per heavy atom. The normalized spacial score (nSPS) is 12.9. The van der Waals surface area contributed by atoms with Crippen LogP contribution in [0.25, 0.3) is 0 Å². The van der Waals surface area contributed by atoms with Crippen LogP contribution in [0.1, 0.15) is 31.1 Å². The van der Waals surface area contributed by atoms with Crippen molar-refractivity contribution < 1.29 is 4.79 Å². The Morgan fingerprint density at radius 1 is 1.36 bits per heavy atom. The lowest BCUT2D eigenvalue weighted by atomic mass is 9.90. The van der Waals surface area contributed by atoms with Crippen LogP contribution < -0.4 is 0 Å². The van der Waals surface area contributed by atoms with Gasteiger partial charge in [-0.25, -0.2) is 4.98 Å². The van der Waals surface area contributed by atoms with Crippen molar-refractivity contribution in [2.75, 3.05) is 0 Å². The van der Waals surface area contributed by atoms with Gasteiger partial charge in [-0.05, 0) is 18.1 Å². The van der Waals surface area contributed by atoms with Crippen molar-refractivity contribution in [3.63, 3.8) is 0 Å². The van der Waals surface area contributed by atoms with E-state index in [1.165, 1.54) is 6.20 Å². The molecule has 0 aromatic carbocycles. The van der Waals surface area contributed by atoms with Crippen molar-refractivity contribution in [2.24, 2.45) is 11.8 Å². The number of hydrogen-bond donors (Lipinski definition) is 0. The van der Waals surface area contributed by atoms with E-state index in [9.17, 15) is 4.79 Å². The molecule has 1 unspecified atom stereocenters. The molecule has 1 aromatic heterocycles. The van der Waals surface area contributed by atoms with Crippen LogP contribution in [0.5, 0.6) is 0 Å². The molecule has 0 amide bonds. The summed E-state index contributed by atoms with van der Waals surface area (Å²) >= 11 is 5.64. The second kappa shape index (κ2) is 4.56. The van der Waals surface area contributed by atoms with Crippen molar-refractivity contribution in [2.45, 2.75) is 20.8 Å². The second-order valence-electron chi connectivity index (χ2n) is 3.77. The van der Waals surface area contributed by atoms with E-state index in [2.05, 4.69) is 4.98 Å². The zero-order chi connectivity index (χ0) is 10.7. The number of halogens is 1. The van der Waals surface area contributed by atoms with E-state index in [0.717, 1.165) is 0 Å². The van der Waals surface area contributed by atoms with E-state index < -0.39 is 0 Å². The number of pyridine rings is 1. The van der Waals surface area contributed by atoms with E-state index >= 15 is 0 Å². The summed E-state index contributed by atoms with van der Waals surface area (Å²) in [6.07, 6.45) is 1.53. The van der Waals surface area contributed by atoms with Crippen LogP contribution in [0.2, 0.25) is 5.15 Å². The first-order valence-electron chi connectivity index (χ1n) is 4.68. The summed E-state index contributed by atoms with van der Waals surface area (Å²) in [7, 11) is 0. The zero-order valence-electron chi connectivity index (χ0n) is 8.62. The highest BCUT2D eigenvalue weighted by molar-refractivity contribution is 6.29. The number of hydrogen-bond acceptors (Lipinski definition) is 2. The number of aromatic nitrogens is 1. The van der Waals surface area contributed by atoms with Gasteiger partial charge in [0.25, 0.3) is 0 Å². The van der Waals surface area contributed by atoms with E-state index in [0.29, 0.717) is 16.6 Å². The first-order valence-corrected chi connectivity index (χ1v) is 5.06. The molecule has 0 saturated heterocycles. The number of carbonyl (C=O) groups excluding carboxylic acids is 1. The highest BCUT2D eigenvalue weighted by atomic mass is 35.5. The number of Topliss-reactive ketones (excluding diaryl/α,β-unsaturated/α-hetero) is 1. The second-order valence-corrected chi connectivity index (χ2v) is 4.15. The monoisotopic (exact) mass is 211 g/mol. The predicted octanol–water partition coefficient (Wildman–Crippen LogP) is 3.21. The largest absolute Gasteiger partial charge is 0.294 e. The summed E-state index contributed by atoms with van der Waals surface area (Å²) in [4.78, 5) is 15.7. The molecule has 1 aromatic rings. The number of rotatable bonds is 3. The van der Waals surface area contributed by atoms with E-state index in [1.54, 1.807) is 12.1 Å². The first-order chi connectivity index (χ1) is 6.52. The molecule has 1 rings (SSSR count). The maximum Gasteiger partial charge on any atom is 0.167 e. The molecular weight excluding hydrogens is 198 g/mol. The van der Waals surface area contributed by atoms with Crippen LogP contribution in [0, 0.1) is 11.8 Å². The Bertz CT molecular complexity index is 319. The summed E-state index contributed by atoms with van der Waals surface area (Å²) in [5.41, 5.74) is 0.635. The highest BCUT2D eigenvalue weighted by Gasteiger charge is 2.18. The third-order valence-corrected chi connectivity index (χ3v) is 2.65. The van der Waals surface area contributed by atoms with Gasteiger partial charge in [0, 0.05) is 17.7 Å². The Kier molecular flexibility index (Phi) is 3.64. The molecule has 0 N–H and O–H groups in total. The average Bonchev–Trinajstić information content (AvgIpc) is 2.16. The molecule has 0 bridgehead atoms. The van der Waals surface area contributed by atoms with Crippen molar-refractivity contribution in [1.29, 1.82) is 0 Å². The fourth-order valence-corrected chi connectivity index (χ4v) is 1.20. The maximum atomic E-state index is 11.8. The van der Waals surface area contributed by atoms with E-state index in [1.807, 2.05) is 20.8 Å². The zero-order valence-corrected chi connectivity index (χ0v) is 9.38. The lowest BCUT2D eigenvalue weighted by Crippen LogP contribution is -2.17. The summed E-state index contributed by atoms with van der Waals surface area (Å²) in [6.45, 7) is 6.00. The van der Waals surface area contributed by atoms with Crippen LogP contribution in [-0.2, 0) is 0 Å². The highest BCUT2D eigenvalue weighted by Crippen LogP contribution is 2.16. The fraction of sp³-hybridized carbons (Fsp3) is 0.455. The molecule has 3 heteroatoms. The van der Waals surface area contributed by atoms with Gasteiger partial charge < -0.3 is 0 Å². The molecule has 0 fully saturated rings. The molecular formula is C11H14ClNO. The summed E-state index contributed by atoms with van der Waals surface area (Å²) in [6, 6.07) is 3.36. The third-order valence-electron chi connectivity index (χ3n) is 2.43. The minimum absolute atomic E-state index is 0.0259. The summed E-state index contributed by atoms with van der Waals surface area (Å²) in [5, 5.41) is 0.416. The van der Waals surface area contributed by atoms with Gasteiger partial charge in [0.15, 0.2) is 5.78 Å². The lowest BCUT2D eigenvalue weighted by Gasteiger charge is -2.13. The SMILES string of the molecule is CC(C)C(C)C(=O)c1ccc(Cl)nc1. The molecule has 76 valence electrons. The van der Waals surface area contributed by atoms with Crippen LogP contribution in [-0.4, -0.2) is 10.8 Å². The molecule has 0 saturated carbocycles. The van der Waals surface area contributed by atoms with Crippen LogP contribution >= 0.6 is 11.6 Å². The maximum absolute atomic E-state index is 11.8. The van der Waals surface area contributed by atoms with Gasteiger partial charge in [0.1, 0.15) is 5.15 Å². The van der Waals surface area contributed by atoms with Gasteiger partial charge >= 0.3 is 0 Å². The minimum Gasteiger partial charge on any atom is -0.294 e. The van der Waals surface area contributed by atoms with Crippen molar-refractivity contribution in [3.8, 4) is 0 Å². The lowest BCUT2D eigenvalue weighted by molar-refractivity contribution is 0.0899. The Balaban J connectivity index is 2.84. The molecule has 1 heterocycles. The Morgan fingerprint density at radius 3 is 2.43 bits per heavy atom. The quantitative estimate of drug-likeness (QED) is 0.568. The Labute approximate surface area is 89.3 Å². The van der Waals surface area contributed by atoms with Gasteiger partial charge in [-0.2, -0.15) is 0 Å². The summed E-state index contributed by atoms with van der Waals surface area (Å²) in [5.74, 6) is 0.500. The molecule has 14 heavy (non-hydrogen) atoms. The molecule has 0 aliphatic heterocycles. The van der Waals surface area contributed by atoms with Crippen LogP contribution in [0.4, 0.5) is 0 Å². The minimum atomic E-state index is 0.0259. The average molecular weight is 212 g/mol. The van der Waals surface area contributed by atoms with Crippen molar-refractivity contribution in [3.05, 3.63) is 29.0 Å². The van der Waals surface area contributed by atoms with Gasteiger partial charge in [0.2, 0.25) is 0 Å². The van der Waals surface area contributed by atoms with Gasteiger partial charge in [-0.15, -0.1) is 0 Å². The van der Waals surface area contributed by atoms with Crippen LogP contribution in [0.15, 0.2) is 18.3 Å². The predicted molar refractivity (Wildman–Crippen MR) is 57.6 cm³/mol. The van der Waals surface area contributed by atoms with Gasteiger partial charge in [-0.1, -0.05) is 32.4 Å². The topological polar surface area (TPSA) is 30.0 Å². The smallest absolute Gasteiger partial charge is 0.167 e. The van der Waals surface area contributed by atoms with E-state index in [-0.39, 0.29) is 11.7 Å². The number of carbonyl (C=O) groups is 1. The fourth-order valence-electron chi connectivity index (χ4n) is 1.09. The molecule has 0 radical (unpaired) electrons. The molecule has 0 aliphatic rings. The van der Waals surface area contributed by atoms with Gasteiger partial charge in [0.05, 0.1) is 0 Å². The number of nitrogens with zero attached hydrogens (tertiary/aromatic N) is 1. The molecule has 1 atom stereocenters. The number of ketones is 1. The third kappa shape index (κ3) is 2.55. The van der Waals surface area contributed by atoms with Crippen molar-refractivity contribution in [1.82, 2.24) is 4.98 Å². The standard InChI is InChI=1S/C11H14ClNO/c1-7(2)8(3)11(14)9-4-5-10(12)13-6-9/h4-8H,1-3H3. The van der Waals surface area contributed by atoms with E-state index in [4.69, 9.17) is 11.6 Å². The molecule has 0 aliphatic carbocycles. The van der Waals surface area contributed by atoms with Crippen LogP contribution in [0.3, 0.4) is 0 Å². The first kappa shape index (κ1) is 11.2. The molecule has 2 nitrogen and oxygen atoms in total. The molecule has 0 spiro atoms. The summed E-state index contributed by atoms with van der Waals surface area (Å²) < 4.78 is 0. The van der Waals surface area contributed by atoms with Crippen molar-refractivity contribution >= 4 is 17.4 Å². The Hall–Kier alpha value is -0.890. The van der Waals surface area contributed by atoms with Gasteiger partial charge in [-0.3, -0.25) is 4.79 Å².